The number of ether oxygens (including phenoxy) is 1. The fourth-order valence-corrected chi connectivity index (χ4v) is 5.53. The molecule has 32 heavy (non-hydrogen) atoms. The van der Waals surface area contributed by atoms with Crippen LogP contribution in [-0.2, 0) is 20.7 Å². The predicted molar refractivity (Wildman–Crippen MR) is 119 cm³/mol. The molecule has 0 aliphatic carbocycles. The number of hydrogen-bond donors (Lipinski definition) is 0. The maximum Gasteiger partial charge on any atom is 0.309 e. The molecular formula is C26H28N2O4. The van der Waals surface area contributed by atoms with Crippen molar-refractivity contribution in [3.8, 4) is 0 Å². The van der Waals surface area contributed by atoms with Gasteiger partial charge in [0.05, 0.1) is 24.5 Å². The molecule has 3 aliphatic rings. The molecule has 0 radical (unpaired) electrons. The van der Waals surface area contributed by atoms with Gasteiger partial charge in [-0.15, -0.1) is 0 Å². The van der Waals surface area contributed by atoms with E-state index in [1.165, 1.54) is 5.56 Å². The molecule has 6 nitrogen and oxygen atoms in total. The minimum atomic E-state index is -0.440. The quantitative estimate of drug-likeness (QED) is 0.698. The summed E-state index contributed by atoms with van der Waals surface area (Å²) < 4.78 is 5.17. The van der Waals surface area contributed by atoms with Gasteiger partial charge in [-0.3, -0.25) is 14.4 Å². The molecule has 1 fully saturated rings. The number of benzene rings is 2. The molecule has 0 bridgehead atoms. The Bertz CT molecular complexity index is 1060. The first-order valence-electron chi connectivity index (χ1n) is 11.5. The number of nitrogens with zero attached hydrogens (tertiary/aromatic N) is 2. The van der Waals surface area contributed by atoms with E-state index in [0.29, 0.717) is 44.6 Å². The van der Waals surface area contributed by atoms with Crippen molar-refractivity contribution >= 4 is 17.8 Å². The number of esters is 1. The van der Waals surface area contributed by atoms with Crippen molar-refractivity contribution in [1.82, 2.24) is 9.80 Å². The van der Waals surface area contributed by atoms with Crippen LogP contribution in [0.2, 0.25) is 0 Å². The number of piperidine rings is 1. The third kappa shape index (κ3) is 3.38. The summed E-state index contributed by atoms with van der Waals surface area (Å²) in [5, 5.41) is 0. The number of amides is 2. The van der Waals surface area contributed by atoms with Gasteiger partial charge in [0.1, 0.15) is 0 Å². The Hall–Kier alpha value is -3.15. The minimum Gasteiger partial charge on any atom is -0.466 e. The second kappa shape index (κ2) is 8.41. The third-order valence-electron chi connectivity index (χ3n) is 7.13. The van der Waals surface area contributed by atoms with Crippen LogP contribution < -0.4 is 0 Å². The fraction of sp³-hybridized carbons (Fsp3) is 0.423. The summed E-state index contributed by atoms with van der Waals surface area (Å²) in [6.45, 7) is 3.87. The molecule has 0 N–H and O–H groups in total. The first kappa shape index (κ1) is 20.7. The van der Waals surface area contributed by atoms with E-state index in [1.54, 1.807) is 0 Å². The first-order chi connectivity index (χ1) is 15.6. The van der Waals surface area contributed by atoms with Gasteiger partial charge >= 0.3 is 5.97 Å². The third-order valence-corrected chi connectivity index (χ3v) is 7.13. The van der Waals surface area contributed by atoms with Crippen LogP contribution in [0.3, 0.4) is 0 Å². The van der Waals surface area contributed by atoms with Gasteiger partial charge in [0.2, 0.25) is 5.91 Å². The van der Waals surface area contributed by atoms with Gasteiger partial charge in [0, 0.05) is 25.2 Å². The standard InChI is InChI=1S/C26H28N2O4/c1-2-32-26(31)18-11-14-27(15-12-18)25(30)22-20-9-5-6-10-21(20)24(29)28-16-13-17-7-3-4-8-19(17)23(22)28/h3-10,18,22-23H,2,11-16H2,1H3/t22-,23+/m0/s1. The van der Waals surface area contributed by atoms with Crippen molar-refractivity contribution in [3.63, 3.8) is 0 Å². The molecule has 2 aromatic rings. The van der Waals surface area contributed by atoms with Crippen LogP contribution in [0, 0.1) is 5.92 Å². The van der Waals surface area contributed by atoms with Crippen molar-refractivity contribution in [2.24, 2.45) is 5.92 Å². The second-order valence-corrected chi connectivity index (χ2v) is 8.81. The predicted octanol–water partition coefficient (Wildman–Crippen LogP) is 3.33. The fourth-order valence-electron chi connectivity index (χ4n) is 5.53. The van der Waals surface area contributed by atoms with Crippen LogP contribution in [-0.4, -0.2) is 53.8 Å². The van der Waals surface area contributed by atoms with Crippen molar-refractivity contribution < 1.29 is 19.1 Å². The lowest BCUT2D eigenvalue weighted by atomic mass is 9.75. The van der Waals surface area contributed by atoms with E-state index >= 15 is 0 Å². The maximum absolute atomic E-state index is 14.0. The molecule has 3 aliphatic heterocycles. The lowest BCUT2D eigenvalue weighted by Crippen LogP contribution is -2.52. The molecule has 166 valence electrons. The van der Waals surface area contributed by atoms with E-state index in [4.69, 9.17) is 4.74 Å². The maximum atomic E-state index is 14.0. The molecule has 0 saturated carbocycles. The highest BCUT2D eigenvalue weighted by Gasteiger charge is 2.47. The largest absolute Gasteiger partial charge is 0.466 e. The summed E-state index contributed by atoms with van der Waals surface area (Å²) in [7, 11) is 0. The molecule has 0 unspecified atom stereocenters. The zero-order chi connectivity index (χ0) is 22.2. The normalized spacial score (nSPS) is 22.6. The van der Waals surface area contributed by atoms with E-state index < -0.39 is 5.92 Å². The first-order valence-corrected chi connectivity index (χ1v) is 11.5. The molecule has 2 aromatic carbocycles. The van der Waals surface area contributed by atoms with Crippen LogP contribution in [0.25, 0.3) is 0 Å². The highest BCUT2D eigenvalue weighted by Crippen LogP contribution is 2.46. The molecule has 2 amide bonds. The monoisotopic (exact) mass is 432 g/mol. The topological polar surface area (TPSA) is 66.9 Å². The average Bonchev–Trinajstić information content (AvgIpc) is 2.84. The van der Waals surface area contributed by atoms with E-state index in [1.807, 2.05) is 53.1 Å². The lowest BCUT2D eigenvalue weighted by Gasteiger charge is -2.46. The van der Waals surface area contributed by atoms with Gasteiger partial charge in [0.15, 0.2) is 0 Å². The SMILES string of the molecule is CCOC(=O)C1CCN(C(=O)[C@H]2c3ccccc3C(=O)N3CCc4ccccc4[C@H]23)CC1. The van der Waals surface area contributed by atoms with E-state index in [-0.39, 0.29) is 29.7 Å². The number of carbonyl (C=O) groups is 3. The molecule has 6 heteroatoms. The summed E-state index contributed by atoms with van der Waals surface area (Å²) in [6.07, 6.45) is 2.03. The van der Waals surface area contributed by atoms with Crippen LogP contribution in [0.4, 0.5) is 0 Å². The number of carbonyl (C=O) groups excluding carboxylic acids is 3. The van der Waals surface area contributed by atoms with Crippen molar-refractivity contribution in [2.75, 3.05) is 26.2 Å². The molecule has 3 heterocycles. The zero-order valence-electron chi connectivity index (χ0n) is 18.3. The number of fused-ring (bicyclic) bond motifs is 4. The Kier molecular flexibility index (Phi) is 5.45. The Morgan fingerprint density at radius 1 is 0.969 bits per heavy atom. The summed E-state index contributed by atoms with van der Waals surface area (Å²) in [5.41, 5.74) is 3.72. The molecule has 2 atom stereocenters. The van der Waals surface area contributed by atoms with Gasteiger partial charge in [-0.25, -0.2) is 0 Å². The van der Waals surface area contributed by atoms with Crippen LogP contribution >= 0.6 is 0 Å². The summed E-state index contributed by atoms with van der Waals surface area (Å²) in [4.78, 5) is 43.2. The molecule has 1 saturated heterocycles. The summed E-state index contributed by atoms with van der Waals surface area (Å²) in [6, 6.07) is 15.4. The molecule has 0 aromatic heterocycles. The van der Waals surface area contributed by atoms with Crippen molar-refractivity contribution in [2.45, 2.75) is 38.1 Å². The van der Waals surface area contributed by atoms with Crippen LogP contribution in [0.15, 0.2) is 48.5 Å². The Labute approximate surface area is 188 Å². The van der Waals surface area contributed by atoms with Gasteiger partial charge in [-0.1, -0.05) is 42.5 Å². The number of likely N-dealkylation sites (tertiary alicyclic amines) is 1. The van der Waals surface area contributed by atoms with Gasteiger partial charge in [0.25, 0.3) is 5.91 Å². The average molecular weight is 433 g/mol. The van der Waals surface area contributed by atoms with Crippen molar-refractivity contribution in [3.05, 3.63) is 70.8 Å². The number of rotatable bonds is 3. The highest BCUT2D eigenvalue weighted by atomic mass is 16.5. The van der Waals surface area contributed by atoms with Gasteiger partial charge < -0.3 is 14.5 Å². The second-order valence-electron chi connectivity index (χ2n) is 8.81. The van der Waals surface area contributed by atoms with Gasteiger partial charge in [-0.2, -0.15) is 0 Å². The molecular weight excluding hydrogens is 404 g/mol. The van der Waals surface area contributed by atoms with Crippen LogP contribution in [0.1, 0.15) is 58.8 Å². The Morgan fingerprint density at radius 2 is 1.66 bits per heavy atom. The highest BCUT2D eigenvalue weighted by molar-refractivity contribution is 6.01. The van der Waals surface area contributed by atoms with E-state index in [2.05, 4.69) is 12.1 Å². The summed E-state index contributed by atoms with van der Waals surface area (Å²) in [5.74, 6) is -0.708. The molecule has 0 spiro atoms. The van der Waals surface area contributed by atoms with Crippen molar-refractivity contribution in [1.29, 1.82) is 0 Å². The Morgan fingerprint density at radius 3 is 2.41 bits per heavy atom. The Balaban J connectivity index is 1.49. The number of hydrogen-bond acceptors (Lipinski definition) is 4. The molecule has 5 rings (SSSR count). The zero-order valence-corrected chi connectivity index (χ0v) is 18.3. The lowest BCUT2D eigenvalue weighted by molar-refractivity contribution is -0.151. The summed E-state index contributed by atoms with van der Waals surface area (Å²) >= 11 is 0. The van der Waals surface area contributed by atoms with Crippen LogP contribution in [0.5, 0.6) is 0 Å². The van der Waals surface area contributed by atoms with Gasteiger partial charge in [-0.05, 0) is 48.9 Å². The van der Waals surface area contributed by atoms with E-state index in [0.717, 1.165) is 17.5 Å². The van der Waals surface area contributed by atoms with E-state index in [9.17, 15) is 14.4 Å². The minimum absolute atomic E-state index is 0.00479. The smallest absolute Gasteiger partial charge is 0.309 e.